The summed E-state index contributed by atoms with van der Waals surface area (Å²) < 4.78 is 12.3. The van der Waals surface area contributed by atoms with Crippen LogP contribution in [0.4, 0.5) is 0 Å². The zero-order valence-electron chi connectivity index (χ0n) is 13.2. The van der Waals surface area contributed by atoms with Gasteiger partial charge in [-0.15, -0.1) is 0 Å². The van der Waals surface area contributed by atoms with Gasteiger partial charge in [-0.2, -0.15) is 0 Å². The summed E-state index contributed by atoms with van der Waals surface area (Å²) in [5.74, 6) is -1.47. The lowest BCUT2D eigenvalue weighted by atomic mass is 10.1. The molecule has 1 aliphatic rings. The van der Waals surface area contributed by atoms with Gasteiger partial charge in [-0.1, -0.05) is 24.3 Å². The molecule has 0 saturated carbocycles. The van der Waals surface area contributed by atoms with Gasteiger partial charge in [-0.3, -0.25) is 18.7 Å². The van der Waals surface area contributed by atoms with Crippen molar-refractivity contribution >= 4 is 28.6 Å². The van der Waals surface area contributed by atoms with E-state index in [0.29, 0.717) is 16.7 Å². The molecule has 0 aliphatic carbocycles. The van der Waals surface area contributed by atoms with Crippen LogP contribution in [0.2, 0.25) is 0 Å². The van der Waals surface area contributed by atoms with Gasteiger partial charge in [0.25, 0.3) is 11.8 Å². The zero-order chi connectivity index (χ0) is 18.0. The summed E-state index contributed by atoms with van der Waals surface area (Å²) in [4.78, 5) is 36.5. The lowest BCUT2D eigenvalue weighted by molar-refractivity contribution is 0.0659. The summed E-state index contributed by atoms with van der Waals surface area (Å²) in [5, 5.41) is 8.98. The van der Waals surface area contributed by atoms with Crippen LogP contribution in [-0.2, 0) is 16.6 Å². The quantitative estimate of drug-likeness (QED) is 0.798. The van der Waals surface area contributed by atoms with Crippen LogP contribution in [0.5, 0.6) is 0 Å². The highest BCUT2D eigenvalue weighted by atomic mass is 32.2. The van der Waals surface area contributed by atoms with Crippen molar-refractivity contribution < 1.29 is 23.7 Å². The van der Waals surface area contributed by atoms with Gasteiger partial charge in [0.15, 0.2) is 0 Å². The molecule has 1 atom stereocenters. The molecule has 2 amide bonds. The minimum atomic E-state index is -1.32. The van der Waals surface area contributed by atoms with Crippen molar-refractivity contribution in [2.45, 2.75) is 5.75 Å². The minimum Gasteiger partial charge on any atom is -0.478 e. The van der Waals surface area contributed by atoms with Gasteiger partial charge in [0, 0.05) is 28.9 Å². The number of carboxylic acids is 1. The van der Waals surface area contributed by atoms with Crippen molar-refractivity contribution in [1.29, 1.82) is 0 Å². The third kappa shape index (κ3) is 3.51. The van der Waals surface area contributed by atoms with Gasteiger partial charge in [0.05, 0.1) is 16.7 Å². The normalized spacial score (nSPS) is 14.5. The van der Waals surface area contributed by atoms with Crippen molar-refractivity contribution in [1.82, 2.24) is 4.90 Å². The van der Waals surface area contributed by atoms with E-state index < -0.39 is 16.8 Å². The van der Waals surface area contributed by atoms with Crippen LogP contribution in [-0.4, -0.2) is 44.3 Å². The van der Waals surface area contributed by atoms with Crippen LogP contribution in [0.25, 0.3) is 0 Å². The molecule has 0 aromatic heterocycles. The fourth-order valence-electron chi connectivity index (χ4n) is 2.69. The predicted octanol–water partition coefficient (Wildman–Crippen LogP) is 1.93. The average molecular weight is 357 g/mol. The van der Waals surface area contributed by atoms with Crippen LogP contribution >= 0.6 is 0 Å². The highest BCUT2D eigenvalue weighted by Crippen LogP contribution is 2.22. The summed E-state index contributed by atoms with van der Waals surface area (Å²) in [6, 6.07) is 12.8. The Labute approximate surface area is 146 Å². The maximum atomic E-state index is 12.3. The lowest BCUT2D eigenvalue weighted by Crippen LogP contribution is -2.33. The van der Waals surface area contributed by atoms with Gasteiger partial charge in [0.2, 0.25) is 0 Å². The van der Waals surface area contributed by atoms with Gasteiger partial charge in [-0.25, -0.2) is 4.79 Å². The van der Waals surface area contributed by atoms with E-state index in [1.54, 1.807) is 36.4 Å². The van der Waals surface area contributed by atoms with Crippen molar-refractivity contribution in [3.05, 3.63) is 70.8 Å². The molecular formula is C18H15NO5S. The fourth-order valence-corrected chi connectivity index (χ4v) is 3.77. The summed E-state index contributed by atoms with van der Waals surface area (Å²) >= 11 is 0. The van der Waals surface area contributed by atoms with E-state index in [1.807, 2.05) is 0 Å². The molecule has 0 fully saturated rings. The Hall–Kier alpha value is -2.80. The first-order valence-electron chi connectivity index (χ1n) is 7.60. The molecule has 1 heterocycles. The van der Waals surface area contributed by atoms with Gasteiger partial charge < -0.3 is 5.11 Å². The Bertz CT molecular complexity index is 858. The highest BCUT2D eigenvalue weighted by molar-refractivity contribution is 7.84. The Morgan fingerprint density at radius 1 is 1.00 bits per heavy atom. The smallest absolute Gasteiger partial charge is 0.335 e. The Morgan fingerprint density at radius 3 is 2.24 bits per heavy atom. The summed E-state index contributed by atoms with van der Waals surface area (Å²) in [5.41, 5.74) is 1.51. The van der Waals surface area contributed by atoms with E-state index >= 15 is 0 Å². The Morgan fingerprint density at radius 2 is 1.64 bits per heavy atom. The number of imide groups is 1. The van der Waals surface area contributed by atoms with E-state index in [-0.39, 0.29) is 35.4 Å². The molecule has 25 heavy (non-hydrogen) atoms. The number of fused-ring (bicyclic) bond motifs is 1. The monoisotopic (exact) mass is 357 g/mol. The molecule has 1 aliphatic heterocycles. The summed E-state index contributed by atoms with van der Waals surface area (Å²) in [7, 11) is -1.32. The number of carbonyl (C=O) groups excluding carboxylic acids is 2. The second-order valence-electron chi connectivity index (χ2n) is 5.60. The molecule has 2 aromatic rings. The number of nitrogens with zero attached hydrogens (tertiary/aromatic N) is 1. The number of rotatable bonds is 6. The SMILES string of the molecule is O=C(O)c1cccc(CS(=O)CCN2C(=O)c3ccccc3C2=O)c1. The maximum absolute atomic E-state index is 12.3. The largest absolute Gasteiger partial charge is 0.478 e. The molecule has 1 unspecified atom stereocenters. The second-order valence-corrected chi connectivity index (χ2v) is 7.18. The molecular weight excluding hydrogens is 342 g/mol. The van der Waals surface area contributed by atoms with Crippen molar-refractivity contribution in [2.75, 3.05) is 12.3 Å². The highest BCUT2D eigenvalue weighted by Gasteiger charge is 2.34. The molecule has 0 saturated heterocycles. The standard InChI is InChI=1S/C18H15NO5S/c20-16-14-6-1-2-7-15(14)17(21)19(16)8-9-25(24)11-12-4-3-5-13(10-12)18(22)23/h1-7,10H,8-9,11H2,(H,22,23). The first kappa shape index (κ1) is 17.0. The number of hydrogen-bond donors (Lipinski definition) is 1. The number of hydrogen-bond acceptors (Lipinski definition) is 4. The topological polar surface area (TPSA) is 91.8 Å². The minimum absolute atomic E-state index is 0.0670. The van der Waals surface area contributed by atoms with Crippen LogP contribution in [0.3, 0.4) is 0 Å². The van der Waals surface area contributed by atoms with Crippen molar-refractivity contribution in [3.8, 4) is 0 Å². The van der Waals surface area contributed by atoms with Gasteiger partial charge in [-0.05, 0) is 29.8 Å². The van der Waals surface area contributed by atoms with Crippen LogP contribution < -0.4 is 0 Å². The first-order chi connectivity index (χ1) is 12.0. The van der Waals surface area contributed by atoms with Gasteiger partial charge >= 0.3 is 5.97 Å². The lowest BCUT2D eigenvalue weighted by Gasteiger charge is -2.13. The number of carbonyl (C=O) groups is 3. The Balaban J connectivity index is 1.62. The van der Waals surface area contributed by atoms with Crippen LogP contribution in [0, 0.1) is 0 Å². The zero-order valence-corrected chi connectivity index (χ0v) is 14.0. The predicted molar refractivity (Wildman–Crippen MR) is 91.9 cm³/mol. The molecule has 1 N–H and O–H groups in total. The number of amides is 2. The van der Waals surface area contributed by atoms with E-state index in [9.17, 15) is 18.6 Å². The van der Waals surface area contributed by atoms with E-state index in [2.05, 4.69) is 0 Å². The third-order valence-corrected chi connectivity index (χ3v) is 5.22. The summed E-state index contributed by atoms with van der Waals surface area (Å²) in [6.45, 7) is 0.0670. The van der Waals surface area contributed by atoms with E-state index in [0.717, 1.165) is 4.90 Å². The molecule has 0 bridgehead atoms. The fraction of sp³-hybridized carbons (Fsp3) is 0.167. The molecule has 0 radical (unpaired) electrons. The molecule has 6 nitrogen and oxygen atoms in total. The van der Waals surface area contributed by atoms with Crippen LogP contribution in [0.1, 0.15) is 36.6 Å². The van der Waals surface area contributed by atoms with Gasteiger partial charge in [0.1, 0.15) is 0 Å². The number of aromatic carboxylic acids is 1. The molecule has 3 rings (SSSR count). The third-order valence-electron chi connectivity index (χ3n) is 3.92. The summed E-state index contributed by atoms with van der Waals surface area (Å²) in [6.07, 6.45) is 0. The van der Waals surface area contributed by atoms with Crippen molar-refractivity contribution in [3.63, 3.8) is 0 Å². The Kier molecular flexibility index (Phi) is 4.76. The second kappa shape index (κ2) is 6.98. The first-order valence-corrected chi connectivity index (χ1v) is 9.08. The van der Waals surface area contributed by atoms with Crippen LogP contribution in [0.15, 0.2) is 48.5 Å². The molecule has 128 valence electrons. The average Bonchev–Trinajstić information content (AvgIpc) is 2.85. The molecule has 2 aromatic carbocycles. The van der Waals surface area contributed by atoms with Crippen molar-refractivity contribution in [2.24, 2.45) is 0 Å². The number of carboxylic acid groups (broad SMARTS) is 1. The van der Waals surface area contributed by atoms with E-state index in [1.165, 1.54) is 12.1 Å². The molecule has 7 heteroatoms. The number of benzene rings is 2. The van der Waals surface area contributed by atoms with E-state index in [4.69, 9.17) is 5.11 Å². The maximum Gasteiger partial charge on any atom is 0.335 e. The molecule has 0 spiro atoms.